The summed E-state index contributed by atoms with van der Waals surface area (Å²) in [6.07, 6.45) is 1.52. The topological polar surface area (TPSA) is 18.5 Å². The molecule has 2 aliphatic rings. The summed E-state index contributed by atoms with van der Waals surface area (Å²) in [6.45, 7) is 1.72. The maximum atomic E-state index is 12.8. The molecule has 0 unspecified atom stereocenters. The van der Waals surface area contributed by atoms with Gasteiger partial charge in [-0.15, -0.1) is 0 Å². The van der Waals surface area contributed by atoms with Crippen molar-refractivity contribution in [1.29, 1.82) is 0 Å². The predicted molar refractivity (Wildman–Crippen MR) is 115 cm³/mol. The van der Waals surface area contributed by atoms with E-state index in [0.717, 1.165) is 75.6 Å². The summed E-state index contributed by atoms with van der Waals surface area (Å²) in [5.74, 6) is -0.228. The lowest BCUT2D eigenvalue weighted by atomic mass is 9.99. The van der Waals surface area contributed by atoms with E-state index < -0.39 is 32.8 Å². The van der Waals surface area contributed by atoms with Crippen LogP contribution in [-0.4, -0.2) is 36.9 Å². The maximum Gasteiger partial charge on any atom is 0.422 e. The predicted octanol–water partition coefficient (Wildman–Crippen LogP) is 7.67. The van der Waals surface area contributed by atoms with Crippen molar-refractivity contribution in [3.8, 4) is 11.5 Å². The Hall–Kier alpha value is -1.17. The molecule has 0 atom stereocenters. The normalized spacial score (nSPS) is 19.7. The Morgan fingerprint density at radius 3 is 1.41 bits per heavy atom. The van der Waals surface area contributed by atoms with Gasteiger partial charge in [-0.3, -0.25) is 0 Å². The van der Waals surface area contributed by atoms with Crippen molar-refractivity contribution >= 4 is 12.6 Å². The van der Waals surface area contributed by atoms with Gasteiger partial charge in [0.15, 0.2) is 13.2 Å². The van der Waals surface area contributed by atoms with Gasteiger partial charge in [0.05, 0.1) is 5.30 Å². The molecule has 32 heavy (non-hydrogen) atoms. The highest BCUT2D eigenvalue weighted by Crippen LogP contribution is 2.70. The minimum absolute atomic E-state index is 0.114. The fourth-order valence-corrected chi connectivity index (χ4v) is 9.85. The number of hydrogen-bond donors (Lipinski definition) is 0. The van der Waals surface area contributed by atoms with E-state index in [-0.39, 0.29) is 11.5 Å². The van der Waals surface area contributed by atoms with E-state index >= 15 is 0 Å². The van der Waals surface area contributed by atoms with Gasteiger partial charge in [-0.1, -0.05) is 20.1 Å². The van der Waals surface area contributed by atoms with Gasteiger partial charge in [0, 0.05) is 29.5 Å². The first kappa shape index (κ1) is 25.5. The fraction of sp³-hybridized carbons (Fsp3) is 0.696. The zero-order valence-electron chi connectivity index (χ0n) is 18.1. The van der Waals surface area contributed by atoms with Crippen LogP contribution in [-0.2, 0) is 0 Å². The fourth-order valence-electron chi connectivity index (χ4n) is 5.10. The van der Waals surface area contributed by atoms with Gasteiger partial charge in [0.1, 0.15) is 11.5 Å². The Kier molecular flexibility index (Phi) is 8.27. The van der Waals surface area contributed by atoms with Crippen LogP contribution >= 0.6 is 7.26 Å². The molecule has 1 aromatic rings. The van der Waals surface area contributed by atoms with Crippen LogP contribution < -0.4 is 14.8 Å². The SMILES string of the molecule is [CH2-][P+](c1cc(OCC(F)(F)F)cc(OCC(F)(F)F)c1)(C1CCCCC1)C1CCCCC1. The highest BCUT2D eigenvalue weighted by atomic mass is 31.2. The number of ether oxygens (including phenoxy) is 2. The molecule has 0 N–H and O–H groups in total. The number of benzene rings is 1. The third kappa shape index (κ3) is 6.91. The minimum Gasteiger partial charge on any atom is -0.484 e. The molecule has 2 nitrogen and oxygen atoms in total. The molecule has 0 aliphatic heterocycles. The standard InChI is InChI=1S/C23H31F6O2P/c1-32(19-8-4-2-5-9-19,20-10-6-3-7-11-20)21-13-17(30-15-22(24,25)26)12-18(14-21)31-16-23(27,28)29/h12-14,19-20H,1-11,15-16H2. The summed E-state index contributed by atoms with van der Waals surface area (Å²) >= 11 is 0. The molecule has 2 aliphatic carbocycles. The van der Waals surface area contributed by atoms with Crippen molar-refractivity contribution in [3.05, 3.63) is 24.9 Å². The zero-order valence-corrected chi connectivity index (χ0v) is 19.0. The van der Waals surface area contributed by atoms with Crippen molar-refractivity contribution in [2.24, 2.45) is 0 Å². The summed E-state index contributed by atoms with van der Waals surface area (Å²) in [6, 6.07) is 4.28. The number of alkyl halides is 6. The second-order valence-electron chi connectivity index (χ2n) is 8.98. The summed E-state index contributed by atoms with van der Waals surface area (Å²) < 4.78 is 86.4. The van der Waals surface area contributed by atoms with Crippen LogP contribution in [0.1, 0.15) is 64.2 Å². The lowest BCUT2D eigenvalue weighted by Gasteiger charge is -2.46. The molecule has 182 valence electrons. The summed E-state index contributed by atoms with van der Waals surface area (Å²) in [7, 11) is -2.13. The monoisotopic (exact) mass is 484 g/mol. The van der Waals surface area contributed by atoms with E-state index in [1.54, 1.807) is 12.1 Å². The Balaban J connectivity index is 2.00. The van der Waals surface area contributed by atoms with Gasteiger partial charge in [0.2, 0.25) is 0 Å². The average Bonchev–Trinajstić information content (AvgIpc) is 2.76. The number of halogens is 6. The molecule has 3 rings (SSSR count). The Morgan fingerprint density at radius 1 is 0.688 bits per heavy atom. The van der Waals surface area contributed by atoms with Crippen molar-refractivity contribution in [2.75, 3.05) is 13.2 Å². The van der Waals surface area contributed by atoms with Gasteiger partial charge in [-0.05, 0) is 51.4 Å². The van der Waals surface area contributed by atoms with E-state index in [1.165, 1.54) is 0 Å². The first-order valence-corrected chi connectivity index (χ1v) is 13.4. The Morgan fingerprint density at radius 2 is 1.06 bits per heavy atom. The molecule has 1 aromatic carbocycles. The van der Waals surface area contributed by atoms with E-state index in [4.69, 9.17) is 16.1 Å². The number of rotatable bonds is 7. The van der Waals surface area contributed by atoms with E-state index in [0.29, 0.717) is 11.3 Å². The molecule has 0 radical (unpaired) electrons. The van der Waals surface area contributed by atoms with E-state index in [9.17, 15) is 26.3 Å². The first-order valence-electron chi connectivity index (χ1n) is 11.2. The van der Waals surface area contributed by atoms with Gasteiger partial charge in [0.25, 0.3) is 0 Å². The van der Waals surface area contributed by atoms with Crippen molar-refractivity contribution < 1.29 is 35.8 Å². The Labute approximate surface area is 186 Å². The molecule has 0 aromatic heterocycles. The molecular formula is C23H31F6O2P. The molecule has 9 heteroatoms. The van der Waals surface area contributed by atoms with Gasteiger partial charge >= 0.3 is 12.4 Å². The third-order valence-electron chi connectivity index (χ3n) is 6.60. The quantitative estimate of drug-likeness (QED) is 0.225. The summed E-state index contributed by atoms with van der Waals surface area (Å²) in [4.78, 5) is 0. The Bertz CT molecular complexity index is 683. The lowest BCUT2D eigenvalue weighted by molar-refractivity contribution is -0.153. The summed E-state index contributed by atoms with van der Waals surface area (Å²) in [5.41, 5.74) is 0.653. The molecular weight excluding hydrogens is 453 g/mol. The van der Waals surface area contributed by atoms with Crippen molar-refractivity contribution in [2.45, 2.75) is 87.9 Å². The van der Waals surface area contributed by atoms with Crippen molar-refractivity contribution in [1.82, 2.24) is 0 Å². The largest absolute Gasteiger partial charge is 0.484 e. The molecule has 2 saturated carbocycles. The smallest absolute Gasteiger partial charge is 0.422 e. The van der Waals surface area contributed by atoms with Gasteiger partial charge in [-0.25, -0.2) is 0 Å². The van der Waals surface area contributed by atoms with Crippen LogP contribution in [0, 0.1) is 6.66 Å². The van der Waals surface area contributed by atoms with Gasteiger partial charge in [-0.2, -0.15) is 33.0 Å². The highest BCUT2D eigenvalue weighted by molar-refractivity contribution is 7.85. The van der Waals surface area contributed by atoms with Crippen LogP contribution in [0.2, 0.25) is 0 Å². The minimum atomic E-state index is -4.55. The van der Waals surface area contributed by atoms with E-state index in [2.05, 4.69) is 0 Å². The third-order valence-corrected chi connectivity index (χ3v) is 11.5. The van der Waals surface area contributed by atoms with Crippen LogP contribution in [0.25, 0.3) is 0 Å². The highest BCUT2D eigenvalue weighted by Gasteiger charge is 2.45. The molecule has 0 saturated heterocycles. The van der Waals surface area contributed by atoms with Gasteiger partial charge < -0.3 is 9.47 Å². The second kappa shape index (κ2) is 10.4. The van der Waals surface area contributed by atoms with Crippen LogP contribution in [0.3, 0.4) is 0 Å². The molecule has 0 bridgehead atoms. The zero-order chi connectivity index (χ0) is 23.4. The molecule has 2 fully saturated rings. The second-order valence-corrected chi connectivity index (χ2v) is 12.8. The average molecular weight is 484 g/mol. The molecule has 0 amide bonds. The van der Waals surface area contributed by atoms with Crippen molar-refractivity contribution in [3.63, 3.8) is 0 Å². The molecule has 0 spiro atoms. The van der Waals surface area contributed by atoms with Crippen LogP contribution in [0.4, 0.5) is 26.3 Å². The van der Waals surface area contributed by atoms with E-state index in [1.807, 2.05) is 0 Å². The molecule has 0 heterocycles. The first-order chi connectivity index (χ1) is 15.0. The maximum absolute atomic E-state index is 12.8. The lowest BCUT2D eigenvalue weighted by Crippen LogP contribution is -2.33. The van der Waals surface area contributed by atoms with Crippen LogP contribution in [0.15, 0.2) is 18.2 Å². The summed E-state index contributed by atoms with van der Waals surface area (Å²) in [5, 5.41) is 0.730. The number of hydrogen-bond acceptors (Lipinski definition) is 2. The van der Waals surface area contributed by atoms with Crippen LogP contribution in [0.5, 0.6) is 11.5 Å².